The van der Waals surface area contributed by atoms with Crippen LogP contribution in [0.1, 0.15) is 22.7 Å². The minimum Gasteiger partial charge on any atom is -0.497 e. The number of hydrogen-bond donors (Lipinski definition) is 2. The zero-order valence-electron chi connectivity index (χ0n) is 15.5. The van der Waals surface area contributed by atoms with E-state index in [-0.39, 0.29) is 12.5 Å². The Labute approximate surface area is 159 Å². The largest absolute Gasteiger partial charge is 0.497 e. The number of carbonyl (C=O) groups excluding carboxylic acids is 1. The number of methoxy groups -OCH3 is 1. The molecular formula is C23H23NO3. The number of fused-ring (bicyclic) bond motifs is 1. The molecule has 0 fully saturated rings. The van der Waals surface area contributed by atoms with Crippen LogP contribution in [0.15, 0.2) is 66.7 Å². The van der Waals surface area contributed by atoms with Gasteiger partial charge in [-0.1, -0.05) is 42.5 Å². The van der Waals surface area contributed by atoms with Crippen LogP contribution in [-0.4, -0.2) is 24.7 Å². The monoisotopic (exact) mass is 361 g/mol. The Morgan fingerprint density at radius 2 is 1.89 bits per heavy atom. The van der Waals surface area contributed by atoms with Crippen molar-refractivity contribution in [2.45, 2.75) is 13.0 Å². The molecule has 0 aliphatic heterocycles. The molecule has 2 N–H and O–H groups in total. The number of aliphatic hydroxyl groups is 1. The zero-order valence-corrected chi connectivity index (χ0v) is 15.5. The molecule has 1 amide bonds. The molecular weight excluding hydrogens is 338 g/mol. The van der Waals surface area contributed by atoms with Crippen molar-refractivity contribution in [2.24, 2.45) is 0 Å². The van der Waals surface area contributed by atoms with Gasteiger partial charge in [0.1, 0.15) is 5.75 Å². The number of aryl methyl sites for hydroxylation is 1. The molecule has 0 spiro atoms. The van der Waals surface area contributed by atoms with E-state index in [1.165, 1.54) is 6.08 Å². The summed E-state index contributed by atoms with van der Waals surface area (Å²) in [5.41, 5.74) is 2.94. The highest BCUT2D eigenvalue weighted by Crippen LogP contribution is 2.24. The third kappa shape index (κ3) is 4.54. The highest BCUT2D eigenvalue weighted by atomic mass is 16.5. The lowest BCUT2D eigenvalue weighted by Gasteiger charge is -2.16. The quantitative estimate of drug-likeness (QED) is 0.652. The van der Waals surface area contributed by atoms with Crippen LogP contribution in [0.3, 0.4) is 0 Å². The highest BCUT2D eigenvalue weighted by Gasteiger charge is 2.13. The van der Waals surface area contributed by atoms with E-state index in [1.54, 1.807) is 13.2 Å². The van der Waals surface area contributed by atoms with Crippen molar-refractivity contribution in [3.05, 3.63) is 83.4 Å². The standard InChI is InChI=1S/C23H23NO3/c1-16-5-3-4-6-17(16)10-12-23(26)24-22(15-25)19-8-7-18-9-11-21(27-2)14-20(18)13-19/h3-14,22,25H,15H2,1-2H3,(H,24,26)/b12-10+. The summed E-state index contributed by atoms with van der Waals surface area (Å²) in [7, 11) is 1.63. The lowest BCUT2D eigenvalue weighted by Crippen LogP contribution is -2.29. The van der Waals surface area contributed by atoms with Gasteiger partial charge in [-0.05, 0) is 58.7 Å². The van der Waals surface area contributed by atoms with Crippen molar-refractivity contribution in [1.82, 2.24) is 5.32 Å². The number of carbonyl (C=O) groups is 1. The van der Waals surface area contributed by atoms with Crippen molar-refractivity contribution in [3.63, 3.8) is 0 Å². The first-order chi connectivity index (χ1) is 13.1. The Morgan fingerprint density at radius 1 is 1.11 bits per heavy atom. The summed E-state index contributed by atoms with van der Waals surface area (Å²) in [6.45, 7) is 1.82. The van der Waals surface area contributed by atoms with Gasteiger partial charge in [0.05, 0.1) is 19.8 Å². The van der Waals surface area contributed by atoms with Gasteiger partial charge in [-0.15, -0.1) is 0 Å². The smallest absolute Gasteiger partial charge is 0.244 e. The number of ether oxygens (including phenoxy) is 1. The SMILES string of the molecule is COc1ccc2ccc(C(CO)NC(=O)/C=C/c3ccccc3C)cc2c1. The Kier molecular flexibility index (Phi) is 5.89. The van der Waals surface area contributed by atoms with E-state index < -0.39 is 6.04 Å². The van der Waals surface area contributed by atoms with Crippen molar-refractivity contribution < 1.29 is 14.6 Å². The van der Waals surface area contributed by atoms with E-state index in [2.05, 4.69) is 5.32 Å². The summed E-state index contributed by atoms with van der Waals surface area (Å²) in [6, 6.07) is 19.1. The molecule has 0 aliphatic carbocycles. The van der Waals surface area contributed by atoms with Crippen LogP contribution in [0.4, 0.5) is 0 Å². The fourth-order valence-corrected chi connectivity index (χ4v) is 2.98. The van der Waals surface area contributed by atoms with Gasteiger partial charge in [0.15, 0.2) is 0 Å². The number of rotatable bonds is 6. The normalized spacial score (nSPS) is 12.3. The molecule has 0 aromatic heterocycles. The molecule has 1 unspecified atom stereocenters. The van der Waals surface area contributed by atoms with E-state index in [0.717, 1.165) is 33.2 Å². The van der Waals surface area contributed by atoms with E-state index in [9.17, 15) is 9.90 Å². The van der Waals surface area contributed by atoms with Gasteiger partial charge >= 0.3 is 0 Å². The van der Waals surface area contributed by atoms with Crippen LogP contribution in [0.2, 0.25) is 0 Å². The van der Waals surface area contributed by atoms with Gasteiger partial charge in [-0.3, -0.25) is 4.79 Å². The molecule has 0 bridgehead atoms. The molecule has 0 saturated carbocycles. The van der Waals surface area contributed by atoms with E-state index >= 15 is 0 Å². The molecule has 1 atom stereocenters. The van der Waals surface area contributed by atoms with Crippen LogP contribution in [0, 0.1) is 6.92 Å². The first kappa shape index (κ1) is 18.7. The van der Waals surface area contributed by atoms with Gasteiger partial charge in [-0.2, -0.15) is 0 Å². The second-order valence-electron chi connectivity index (χ2n) is 6.41. The molecule has 4 nitrogen and oxygen atoms in total. The van der Waals surface area contributed by atoms with Gasteiger partial charge < -0.3 is 15.2 Å². The number of nitrogens with one attached hydrogen (secondary N) is 1. The number of hydrogen-bond acceptors (Lipinski definition) is 3. The second-order valence-corrected chi connectivity index (χ2v) is 6.41. The lowest BCUT2D eigenvalue weighted by atomic mass is 10.0. The van der Waals surface area contributed by atoms with Crippen molar-refractivity contribution in [1.29, 1.82) is 0 Å². The molecule has 138 valence electrons. The fourth-order valence-electron chi connectivity index (χ4n) is 2.98. The minimum atomic E-state index is -0.477. The molecule has 0 heterocycles. The predicted molar refractivity (Wildman–Crippen MR) is 109 cm³/mol. The predicted octanol–water partition coefficient (Wildman–Crippen LogP) is 4.02. The molecule has 3 rings (SSSR count). The first-order valence-corrected chi connectivity index (χ1v) is 8.83. The average molecular weight is 361 g/mol. The summed E-state index contributed by atoms with van der Waals surface area (Å²) in [6.07, 6.45) is 3.28. The van der Waals surface area contributed by atoms with Crippen molar-refractivity contribution >= 4 is 22.8 Å². The molecule has 3 aromatic rings. The third-order valence-corrected chi connectivity index (χ3v) is 4.58. The lowest BCUT2D eigenvalue weighted by molar-refractivity contribution is -0.117. The average Bonchev–Trinajstić information content (AvgIpc) is 2.70. The van der Waals surface area contributed by atoms with Crippen molar-refractivity contribution in [3.8, 4) is 5.75 Å². The summed E-state index contributed by atoms with van der Waals surface area (Å²) in [5, 5.41) is 14.7. The Balaban J connectivity index is 1.77. The maximum Gasteiger partial charge on any atom is 0.244 e. The van der Waals surface area contributed by atoms with Gasteiger partial charge in [-0.25, -0.2) is 0 Å². The van der Waals surface area contributed by atoms with E-state index in [1.807, 2.05) is 67.6 Å². The number of aliphatic hydroxyl groups excluding tert-OH is 1. The van der Waals surface area contributed by atoms with Gasteiger partial charge in [0.2, 0.25) is 5.91 Å². The van der Waals surface area contributed by atoms with Gasteiger partial charge in [0, 0.05) is 6.08 Å². The molecule has 0 radical (unpaired) electrons. The zero-order chi connectivity index (χ0) is 19.2. The summed E-state index contributed by atoms with van der Waals surface area (Å²) < 4.78 is 5.27. The summed E-state index contributed by atoms with van der Waals surface area (Å²) in [4.78, 5) is 12.3. The third-order valence-electron chi connectivity index (χ3n) is 4.58. The maximum absolute atomic E-state index is 12.3. The number of benzene rings is 3. The minimum absolute atomic E-state index is 0.181. The molecule has 0 aliphatic rings. The van der Waals surface area contributed by atoms with E-state index in [4.69, 9.17) is 4.74 Å². The van der Waals surface area contributed by atoms with E-state index in [0.29, 0.717) is 0 Å². The Hall–Kier alpha value is -3.11. The molecule has 4 heteroatoms. The van der Waals surface area contributed by atoms with Crippen LogP contribution in [0.5, 0.6) is 5.75 Å². The maximum atomic E-state index is 12.3. The van der Waals surface area contributed by atoms with Crippen LogP contribution < -0.4 is 10.1 Å². The highest BCUT2D eigenvalue weighted by molar-refractivity contribution is 5.92. The molecule has 27 heavy (non-hydrogen) atoms. The first-order valence-electron chi connectivity index (χ1n) is 8.83. The molecule has 3 aromatic carbocycles. The summed E-state index contributed by atoms with van der Waals surface area (Å²) >= 11 is 0. The summed E-state index contributed by atoms with van der Waals surface area (Å²) in [5.74, 6) is 0.522. The van der Waals surface area contributed by atoms with Crippen LogP contribution >= 0.6 is 0 Å². The van der Waals surface area contributed by atoms with Crippen LogP contribution in [-0.2, 0) is 4.79 Å². The Bertz CT molecular complexity index is 978. The molecule has 0 saturated heterocycles. The fraction of sp³-hybridized carbons (Fsp3) is 0.174. The van der Waals surface area contributed by atoms with Crippen molar-refractivity contribution in [2.75, 3.05) is 13.7 Å². The topological polar surface area (TPSA) is 58.6 Å². The van der Waals surface area contributed by atoms with Gasteiger partial charge in [0.25, 0.3) is 0 Å². The van der Waals surface area contributed by atoms with Crippen LogP contribution in [0.25, 0.3) is 16.8 Å². The Morgan fingerprint density at radius 3 is 2.63 bits per heavy atom. The number of amides is 1. The second kappa shape index (κ2) is 8.52.